The first-order chi connectivity index (χ1) is 9.61. The summed E-state index contributed by atoms with van der Waals surface area (Å²) in [6, 6.07) is 10.2. The Morgan fingerprint density at radius 2 is 1.85 bits per heavy atom. The van der Waals surface area contributed by atoms with Crippen molar-refractivity contribution < 1.29 is 4.39 Å². The third kappa shape index (κ3) is 3.72. The van der Waals surface area contributed by atoms with Crippen LogP contribution in [0.4, 0.5) is 4.39 Å². The average Bonchev–Trinajstić information content (AvgIpc) is 2.41. The summed E-state index contributed by atoms with van der Waals surface area (Å²) in [5.41, 5.74) is 2.19. The van der Waals surface area contributed by atoms with Gasteiger partial charge in [0.2, 0.25) is 0 Å². The van der Waals surface area contributed by atoms with Crippen LogP contribution in [-0.2, 0) is 6.54 Å². The second-order valence-corrected chi connectivity index (χ2v) is 5.46. The Morgan fingerprint density at radius 1 is 1.05 bits per heavy atom. The molecule has 4 heteroatoms. The van der Waals surface area contributed by atoms with Crippen molar-refractivity contribution in [3.05, 3.63) is 57.8 Å². The third-order valence-corrected chi connectivity index (χ3v) is 3.56. The van der Waals surface area contributed by atoms with Crippen LogP contribution in [0.1, 0.15) is 18.9 Å². The fourth-order valence-electron chi connectivity index (χ4n) is 2.01. The highest BCUT2D eigenvalue weighted by molar-refractivity contribution is 6.36. The Labute approximate surface area is 128 Å². The summed E-state index contributed by atoms with van der Waals surface area (Å²) < 4.78 is 14.0. The minimum absolute atomic E-state index is 0.284. The van der Waals surface area contributed by atoms with E-state index in [1.165, 1.54) is 6.07 Å². The Morgan fingerprint density at radius 3 is 2.55 bits per heavy atom. The van der Waals surface area contributed by atoms with E-state index in [4.69, 9.17) is 23.2 Å². The van der Waals surface area contributed by atoms with E-state index < -0.39 is 0 Å². The predicted molar refractivity (Wildman–Crippen MR) is 83.9 cm³/mol. The first-order valence-corrected chi connectivity index (χ1v) is 7.32. The summed E-state index contributed by atoms with van der Waals surface area (Å²) >= 11 is 12.0. The first-order valence-electron chi connectivity index (χ1n) is 6.56. The van der Waals surface area contributed by atoms with E-state index in [0.29, 0.717) is 27.7 Å². The van der Waals surface area contributed by atoms with Gasteiger partial charge in [-0.1, -0.05) is 42.3 Å². The van der Waals surface area contributed by atoms with E-state index in [9.17, 15) is 4.39 Å². The number of benzene rings is 2. The van der Waals surface area contributed by atoms with Crippen LogP contribution in [0.2, 0.25) is 10.0 Å². The maximum Gasteiger partial charge on any atom is 0.131 e. The van der Waals surface area contributed by atoms with E-state index >= 15 is 0 Å². The maximum atomic E-state index is 14.0. The van der Waals surface area contributed by atoms with Gasteiger partial charge >= 0.3 is 0 Å². The van der Waals surface area contributed by atoms with Gasteiger partial charge in [0.25, 0.3) is 0 Å². The van der Waals surface area contributed by atoms with Gasteiger partial charge in [-0.15, -0.1) is 0 Å². The van der Waals surface area contributed by atoms with Gasteiger partial charge in [0, 0.05) is 27.7 Å². The number of rotatable bonds is 5. The van der Waals surface area contributed by atoms with E-state index in [1.807, 2.05) is 6.07 Å². The highest BCUT2D eigenvalue weighted by Crippen LogP contribution is 2.32. The molecule has 106 valence electrons. The normalized spacial score (nSPS) is 10.8. The van der Waals surface area contributed by atoms with Crippen LogP contribution in [0, 0.1) is 5.82 Å². The summed E-state index contributed by atoms with van der Waals surface area (Å²) in [6.45, 7) is 3.76. The average molecular weight is 312 g/mol. The Kier molecular flexibility index (Phi) is 5.41. The summed E-state index contributed by atoms with van der Waals surface area (Å²) in [4.78, 5) is 0. The number of hydrogen-bond acceptors (Lipinski definition) is 1. The van der Waals surface area contributed by atoms with Crippen molar-refractivity contribution in [2.24, 2.45) is 0 Å². The largest absolute Gasteiger partial charge is 0.313 e. The van der Waals surface area contributed by atoms with Crippen LogP contribution in [0.15, 0.2) is 36.4 Å². The van der Waals surface area contributed by atoms with Crippen molar-refractivity contribution in [2.45, 2.75) is 19.9 Å². The molecule has 0 aliphatic rings. The van der Waals surface area contributed by atoms with Crippen molar-refractivity contribution in [1.82, 2.24) is 5.32 Å². The lowest BCUT2D eigenvalue weighted by Gasteiger charge is -2.10. The van der Waals surface area contributed by atoms with Crippen LogP contribution >= 0.6 is 23.2 Å². The second kappa shape index (κ2) is 7.07. The molecule has 0 aliphatic carbocycles. The molecule has 1 nitrogen and oxygen atoms in total. The predicted octanol–water partition coefficient (Wildman–Crippen LogP) is 5.30. The van der Waals surface area contributed by atoms with Gasteiger partial charge in [0.15, 0.2) is 0 Å². The van der Waals surface area contributed by atoms with E-state index in [1.54, 1.807) is 24.3 Å². The number of nitrogens with one attached hydrogen (secondary N) is 1. The molecule has 0 spiro atoms. The molecule has 0 saturated heterocycles. The molecular weight excluding hydrogens is 296 g/mol. The Bertz CT molecular complexity index is 599. The highest BCUT2D eigenvalue weighted by Gasteiger charge is 2.10. The Hall–Kier alpha value is -1.09. The Balaban J connectivity index is 2.32. The van der Waals surface area contributed by atoms with Gasteiger partial charge in [-0.2, -0.15) is 0 Å². The lowest BCUT2D eigenvalue weighted by molar-refractivity contribution is 0.628. The SMILES string of the molecule is CCCNCc1ccc(F)c(-c2ccc(Cl)cc2Cl)c1. The zero-order chi connectivity index (χ0) is 14.5. The molecule has 0 aromatic heterocycles. The minimum atomic E-state index is -0.284. The lowest BCUT2D eigenvalue weighted by Crippen LogP contribution is -2.13. The molecule has 2 aromatic carbocycles. The standard InChI is InChI=1S/C16H16Cl2FN/c1-2-7-20-10-11-3-6-16(19)14(8-11)13-5-4-12(17)9-15(13)18/h3-6,8-9,20H,2,7,10H2,1H3. The molecule has 20 heavy (non-hydrogen) atoms. The van der Waals surface area contributed by atoms with Crippen molar-refractivity contribution in [1.29, 1.82) is 0 Å². The van der Waals surface area contributed by atoms with Crippen molar-refractivity contribution >= 4 is 23.2 Å². The minimum Gasteiger partial charge on any atom is -0.313 e. The fourth-order valence-corrected chi connectivity index (χ4v) is 2.52. The van der Waals surface area contributed by atoms with Crippen LogP contribution < -0.4 is 5.32 Å². The molecule has 2 rings (SSSR count). The van der Waals surface area contributed by atoms with Crippen LogP contribution in [0.3, 0.4) is 0 Å². The zero-order valence-electron chi connectivity index (χ0n) is 11.2. The van der Waals surface area contributed by atoms with Crippen LogP contribution in [0.25, 0.3) is 11.1 Å². The van der Waals surface area contributed by atoms with Gasteiger partial charge in [0.05, 0.1) is 0 Å². The van der Waals surface area contributed by atoms with E-state index in [0.717, 1.165) is 18.5 Å². The quantitative estimate of drug-likeness (QED) is 0.739. The smallest absolute Gasteiger partial charge is 0.131 e. The molecular formula is C16H16Cl2FN. The topological polar surface area (TPSA) is 12.0 Å². The molecule has 1 N–H and O–H groups in total. The summed E-state index contributed by atoms with van der Waals surface area (Å²) in [6.07, 6.45) is 1.07. The molecule has 0 unspecified atom stereocenters. The lowest BCUT2D eigenvalue weighted by atomic mass is 10.0. The maximum absolute atomic E-state index is 14.0. The van der Waals surface area contributed by atoms with Gasteiger partial charge in [0.1, 0.15) is 5.82 Å². The van der Waals surface area contributed by atoms with Crippen LogP contribution in [0.5, 0.6) is 0 Å². The molecule has 2 aromatic rings. The summed E-state index contributed by atoms with van der Waals surface area (Å²) in [5, 5.41) is 4.29. The van der Waals surface area contributed by atoms with E-state index in [-0.39, 0.29) is 5.82 Å². The molecule has 0 fully saturated rings. The van der Waals surface area contributed by atoms with Crippen molar-refractivity contribution in [3.63, 3.8) is 0 Å². The van der Waals surface area contributed by atoms with Crippen LogP contribution in [-0.4, -0.2) is 6.54 Å². The molecule has 0 saturated carbocycles. The first kappa shape index (κ1) is 15.3. The molecule has 0 radical (unpaired) electrons. The molecule has 0 heterocycles. The van der Waals surface area contributed by atoms with Crippen molar-refractivity contribution in [2.75, 3.05) is 6.54 Å². The molecule has 0 aliphatic heterocycles. The molecule has 0 amide bonds. The van der Waals surface area contributed by atoms with Gasteiger partial charge in [-0.25, -0.2) is 4.39 Å². The van der Waals surface area contributed by atoms with Gasteiger partial charge < -0.3 is 5.32 Å². The van der Waals surface area contributed by atoms with Gasteiger partial charge in [-0.3, -0.25) is 0 Å². The van der Waals surface area contributed by atoms with Gasteiger partial charge in [-0.05, 0) is 42.8 Å². The monoisotopic (exact) mass is 311 g/mol. The van der Waals surface area contributed by atoms with E-state index in [2.05, 4.69) is 12.2 Å². The second-order valence-electron chi connectivity index (χ2n) is 4.62. The highest BCUT2D eigenvalue weighted by atomic mass is 35.5. The zero-order valence-corrected chi connectivity index (χ0v) is 12.7. The number of halogens is 3. The summed E-state index contributed by atoms with van der Waals surface area (Å²) in [7, 11) is 0. The third-order valence-electron chi connectivity index (χ3n) is 3.01. The fraction of sp³-hybridized carbons (Fsp3) is 0.250. The summed E-state index contributed by atoms with van der Waals surface area (Å²) in [5.74, 6) is -0.284. The molecule has 0 bridgehead atoms. The number of hydrogen-bond donors (Lipinski definition) is 1. The molecule has 0 atom stereocenters. The van der Waals surface area contributed by atoms with Crippen molar-refractivity contribution in [3.8, 4) is 11.1 Å².